The molecule has 1 saturated carbocycles. The first-order valence-corrected chi connectivity index (χ1v) is 7.71. The van der Waals surface area contributed by atoms with Crippen LogP contribution in [0.5, 0.6) is 0 Å². The first kappa shape index (κ1) is 15.0. The van der Waals surface area contributed by atoms with Gasteiger partial charge in [-0.25, -0.2) is 0 Å². The molecule has 1 aliphatic rings. The Morgan fingerprint density at radius 1 is 0.941 bits per heavy atom. The number of nitrogens with one attached hydrogen (secondary N) is 1. The third-order valence-corrected chi connectivity index (χ3v) is 4.66. The lowest BCUT2D eigenvalue weighted by Crippen LogP contribution is -2.33. The van der Waals surface area contributed by atoms with Crippen molar-refractivity contribution < 1.29 is 0 Å². The van der Waals surface area contributed by atoms with Gasteiger partial charge in [0.25, 0.3) is 0 Å². The second-order valence-corrected chi connectivity index (χ2v) is 6.94. The molecule has 0 radical (unpaired) electrons. The van der Waals surface area contributed by atoms with E-state index in [4.69, 9.17) is 0 Å². The molecule has 1 fully saturated rings. The monoisotopic (exact) mass is 239 g/mol. The zero-order valence-corrected chi connectivity index (χ0v) is 12.6. The summed E-state index contributed by atoms with van der Waals surface area (Å²) in [6.45, 7) is 14.3. The van der Waals surface area contributed by atoms with E-state index < -0.39 is 0 Å². The van der Waals surface area contributed by atoms with Crippen molar-refractivity contribution in [2.75, 3.05) is 13.1 Å². The van der Waals surface area contributed by atoms with Crippen LogP contribution in [0.4, 0.5) is 0 Å². The lowest BCUT2D eigenvalue weighted by atomic mass is 9.82. The van der Waals surface area contributed by atoms with Gasteiger partial charge in [-0.05, 0) is 55.5 Å². The minimum absolute atomic E-state index is 0.800. The summed E-state index contributed by atoms with van der Waals surface area (Å²) < 4.78 is 0. The zero-order valence-electron chi connectivity index (χ0n) is 12.6. The predicted molar refractivity (Wildman–Crippen MR) is 77.2 cm³/mol. The molecule has 0 saturated heterocycles. The number of rotatable bonds is 6. The fraction of sp³-hybridized carbons (Fsp3) is 1.00. The van der Waals surface area contributed by atoms with Gasteiger partial charge in [0.2, 0.25) is 0 Å². The Kier molecular flexibility index (Phi) is 6.54. The molecule has 0 unspecified atom stereocenters. The summed E-state index contributed by atoms with van der Waals surface area (Å²) in [7, 11) is 0. The molecule has 1 nitrogen and oxygen atoms in total. The predicted octanol–water partition coefficient (Wildman–Crippen LogP) is 4.33. The lowest BCUT2D eigenvalue weighted by molar-refractivity contribution is 0.246. The highest BCUT2D eigenvalue weighted by molar-refractivity contribution is 4.74. The first-order chi connectivity index (χ1) is 8.00. The van der Waals surface area contributed by atoms with Gasteiger partial charge < -0.3 is 5.32 Å². The molecule has 1 heteroatoms. The van der Waals surface area contributed by atoms with Gasteiger partial charge in [-0.2, -0.15) is 0 Å². The van der Waals surface area contributed by atoms with Gasteiger partial charge in [0.05, 0.1) is 0 Å². The van der Waals surface area contributed by atoms with Crippen LogP contribution in [0.1, 0.15) is 60.3 Å². The average Bonchev–Trinajstić information content (AvgIpc) is 2.25. The Bertz CT molecular complexity index is 182. The first-order valence-electron chi connectivity index (χ1n) is 7.71. The van der Waals surface area contributed by atoms with Crippen molar-refractivity contribution in [3.8, 4) is 0 Å². The molecule has 0 aromatic heterocycles. The van der Waals surface area contributed by atoms with Crippen LogP contribution in [0.3, 0.4) is 0 Å². The van der Waals surface area contributed by atoms with Crippen molar-refractivity contribution >= 4 is 0 Å². The van der Waals surface area contributed by atoms with Crippen LogP contribution in [0.2, 0.25) is 0 Å². The van der Waals surface area contributed by atoms with Crippen molar-refractivity contribution in [2.45, 2.75) is 60.3 Å². The summed E-state index contributed by atoms with van der Waals surface area (Å²) in [4.78, 5) is 0. The highest BCUT2D eigenvalue weighted by atomic mass is 14.9. The molecule has 1 N–H and O–H groups in total. The molecule has 0 atom stereocenters. The van der Waals surface area contributed by atoms with Crippen LogP contribution in [-0.4, -0.2) is 13.1 Å². The van der Waals surface area contributed by atoms with Crippen molar-refractivity contribution in [3.05, 3.63) is 0 Å². The van der Waals surface area contributed by atoms with E-state index in [1.54, 1.807) is 0 Å². The summed E-state index contributed by atoms with van der Waals surface area (Å²) in [6, 6.07) is 0. The van der Waals surface area contributed by atoms with Gasteiger partial charge in [-0.15, -0.1) is 0 Å². The molecule has 0 heterocycles. The van der Waals surface area contributed by atoms with Crippen molar-refractivity contribution in [2.24, 2.45) is 29.6 Å². The van der Waals surface area contributed by atoms with E-state index in [0.717, 1.165) is 29.6 Å². The highest BCUT2D eigenvalue weighted by Gasteiger charge is 2.20. The molecule has 0 aromatic carbocycles. The Labute approximate surface area is 109 Å². The lowest BCUT2D eigenvalue weighted by Gasteiger charge is -2.29. The molecular formula is C16H33N. The molecule has 0 aliphatic heterocycles. The Morgan fingerprint density at radius 2 is 1.47 bits per heavy atom. The Hall–Kier alpha value is -0.0400. The smallest absolute Gasteiger partial charge is 0.00155 e. The summed E-state index contributed by atoms with van der Waals surface area (Å²) >= 11 is 0. The van der Waals surface area contributed by atoms with E-state index in [-0.39, 0.29) is 0 Å². The molecule has 17 heavy (non-hydrogen) atoms. The number of hydrogen-bond donors (Lipinski definition) is 1. The Balaban J connectivity index is 2.18. The van der Waals surface area contributed by atoms with E-state index in [2.05, 4.69) is 39.9 Å². The van der Waals surface area contributed by atoms with Crippen LogP contribution in [-0.2, 0) is 0 Å². The van der Waals surface area contributed by atoms with E-state index in [9.17, 15) is 0 Å². The van der Waals surface area contributed by atoms with Gasteiger partial charge in [0, 0.05) is 0 Å². The fourth-order valence-corrected chi connectivity index (χ4v) is 3.23. The minimum atomic E-state index is 0.800. The molecule has 0 bridgehead atoms. The van der Waals surface area contributed by atoms with Gasteiger partial charge in [-0.1, -0.05) is 47.5 Å². The summed E-state index contributed by atoms with van der Waals surface area (Å²) in [5.41, 5.74) is 0. The fourth-order valence-electron chi connectivity index (χ4n) is 3.23. The normalized spacial score (nSPS) is 26.1. The van der Waals surface area contributed by atoms with E-state index in [1.807, 2.05) is 0 Å². The third-order valence-electron chi connectivity index (χ3n) is 4.66. The van der Waals surface area contributed by atoms with Crippen LogP contribution < -0.4 is 5.32 Å². The van der Waals surface area contributed by atoms with Crippen LogP contribution in [0.25, 0.3) is 0 Å². The van der Waals surface area contributed by atoms with E-state index in [1.165, 1.54) is 38.8 Å². The van der Waals surface area contributed by atoms with Gasteiger partial charge in [0.1, 0.15) is 0 Å². The second kappa shape index (κ2) is 7.41. The maximum absolute atomic E-state index is 3.73. The number of hydrogen-bond acceptors (Lipinski definition) is 1. The quantitative estimate of drug-likeness (QED) is 0.727. The van der Waals surface area contributed by atoms with Crippen molar-refractivity contribution in [1.82, 2.24) is 5.32 Å². The van der Waals surface area contributed by atoms with Gasteiger partial charge in [0.15, 0.2) is 0 Å². The van der Waals surface area contributed by atoms with Crippen LogP contribution in [0, 0.1) is 29.6 Å². The molecule has 0 amide bonds. The average molecular weight is 239 g/mol. The minimum Gasteiger partial charge on any atom is -0.316 e. The maximum Gasteiger partial charge on any atom is -0.00155 e. The third kappa shape index (κ3) is 5.42. The van der Waals surface area contributed by atoms with E-state index >= 15 is 0 Å². The largest absolute Gasteiger partial charge is 0.316 e. The SMILES string of the molecule is CC1CCC(CNCC(C(C)C)C(C)C)CC1. The summed E-state index contributed by atoms with van der Waals surface area (Å²) in [5, 5.41) is 3.73. The molecule has 102 valence electrons. The summed E-state index contributed by atoms with van der Waals surface area (Å²) in [5.74, 6) is 4.36. The van der Waals surface area contributed by atoms with Crippen molar-refractivity contribution in [3.63, 3.8) is 0 Å². The maximum atomic E-state index is 3.73. The Morgan fingerprint density at radius 3 is 1.94 bits per heavy atom. The van der Waals surface area contributed by atoms with Crippen LogP contribution >= 0.6 is 0 Å². The van der Waals surface area contributed by atoms with Crippen LogP contribution in [0.15, 0.2) is 0 Å². The highest BCUT2D eigenvalue weighted by Crippen LogP contribution is 2.28. The molecular weight excluding hydrogens is 206 g/mol. The second-order valence-electron chi connectivity index (χ2n) is 6.94. The summed E-state index contributed by atoms with van der Waals surface area (Å²) in [6.07, 6.45) is 5.79. The van der Waals surface area contributed by atoms with Gasteiger partial charge in [-0.3, -0.25) is 0 Å². The molecule has 1 aliphatic carbocycles. The van der Waals surface area contributed by atoms with E-state index in [0.29, 0.717) is 0 Å². The van der Waals surface area contributed by atoms with Gasteiger partial charge >= 0.3 is 0 Å². The molecule has 0 spiro atoms. The molecule has 0 aromatic rings. The standard InChI is InChI=1S/C16H33N/c1-12(2)16(13(3)4)11-17-10-15-8-6-14(5)7-9-15/h12-17H,6-11H2,1-5H3. The molecule has 1 rings (SSSR count). The topological polar surface area (TPSA) is 12.0 Å². The van der Waals surface area contributed by atoms with Crippen molar-refractivity contribution in [1.29, 1.82) is 0 Å². The zero-order chi connectivity index (χ0) is 12.8.